The summed E-state index contributed by atoms with van der Waals surface area (Å²) in [7, 11) is 0. The van der Waals surface area contributed by atoms with Gasteiger partial charge in [-0.1, -0.05) is 13.3 Å². The molecular formula is C12H18N4O5. The molecule has 1 heterocycles. The Morgan fingerprint density at radius 2 is 1.67 bits per heavy atom. The Bertz CT molecular complexity index is 476. The zero-order chi connectivity index (χ0) is 16.0. The largest absolute Gasteiger partial charge is 0.338 e. The summed E-state index contributed by atoms with van der Waals surface area (Å²) < 4.78 is 0. The van der Waals surface area contributed by atoms with Crippen LogP contribution in [0.5, 0.6) is 0 Å². The molecule has 9 nitrogen and oxygen atoms in total. The molecule has 0 saturated carbocycles. The summed E-state index contributed by atoms with van der Waals surface area (Å²) in [5, 5.41) is 4.44. The van der Waals surface area contributed by atoms with E-state index in [1.807, 2.05) is 12.2 Å². The Kier molecular flexibility index (Phi) is 5.82. The number of amides is 7. The van der Waals surface area contributed by atoms with E-state index in [4.69, 9.17) is 0 Å². The number of hydrogen-bond donors (Lipinski definition) is 2. The predicted octanol–water partition coefficient (Wildman–Crippen LogP) is -0.577. The maximum atomic E-state index is 11.7. The highest BCUT2D eigenvalue weighted by Gasteiger charge is 2.44. The number of unbranched alkanes of at least 4 members (excludes halogenated alkanes) is 1. The van der Waals surface area contributed by atoms with Crippen molar-refractivity contribution in [1.82, 2.24) is 20.4 Å². The number of rotatable bonds is 6. The van der Waals surface area contributed by atoms with E-state index in [2.05, 4.69) is 5.32 Å². The number of likely N-dealkylation sites (N-methyl/N-ethyl adjacent to an activating group) is 1. The third-order valence-electron chi connectivity index (χ3n) is 2.82. The lowest BCUT2D eigenvalue weighted by Crippen LogP contribution is -2.46. The number of hydrogen-bond acceptors (Lipinski definition) is 5. The fourth-order valence-corrected chi connectivity index (χ4v) is 1.70. The van der Waals surface area contributed by atoms with E-state index in [9.17, 15) is 24.0 Å². The summed E-state index contributed by atoms with van der Waals surface area (Å²) >= 11 is 0. The monoisotopic (exact) mass is 298 g/mol. The summed E-state index contributed by atoms with van der Waals surface area (Å²) in [6.45, 7) is 3.28. The molecule has 2 N–H and O–H groups in total. The molecule has 1 aliphatic rings. The second-order valence-electron chi connectivity index (χ2n) is 4.38. The van der Waals surface area contributed by atoms with Gasteiger partial charge in [-0.2, -0.15) is 0 Å². The van der Waals surface area contributed by atoms with E-state index in [0.29, 0.717) is 11.4 Å². The van der Waals surface area contributed by atoms with Gasteiger partial charge in [-0.3, -0.25) is 24.6 Å². The Labute approximate surface area is 121 Å². The molecule has 1 aliphatic heterocycles. The van der Waals surface area contributed by atoms with E-state index in [1.165, 1.54) is 6.92 Å². The third-order valence-corrected chi connectivity index (χ3v) is 2.82. The highest BCUT2D eigenvalue weighted by Crippen LogP contribution is 2.10. The first kappa shape index (κ1) is 16.6. The first-order chi connectivity index (χ1) is 9.92. The van der Waals surface area contributed by atoms with Gasteiger partial charge in [-0.15, -0.1) is 0 Å². The SMILES string of the molecule is CCCCNC(=O)NC(=O)CN1C(=O)C(=O)N(CC)C1=O. The molecule has 0 atom stereocenters. The van der Waals surface area contributed by atoms with Gasteiger partial charge in [0, 0.05) is 13.1 Å². The summed E-state index contributed by atoms with van der Waals surface area (Å²) in [4.78, 5) is 58.9. The highest BCUT2D eigenvalue weighted by atomic mass is 16.2. The predicted molar refractivity (Wildman–Crippen MR) is 70.9 cm³/mol. The van der Waals surface area contributed by atoms with E-state index >= 15 is 0 Å². The van der Waals surface area contributed by atoms with Gasteiger partial charge in [0.05, 0.1) is 0 Å². The van der Waals surface area contributed by atoms with Crippen LogP contribution >= 0.6 is 0 Å². The average Bonchev–Trinajstić information content (AvgIpc) is 2.63. The van der Waals surface area contributed by atoms with Gasteiger partial charge >= 0.3 is 23.9 Å². The molecule has 0 aromatic rings. The molecule has 1 fully saturated rings. The molecule has 0 bridgehead atoms. The van der Waals surface area contributed by atoms with Crippen LogP contribution in [0, 0.1) is 0 Å². The lowest BCUT2D eigenvalue weighted by Gasteiger charge is -2.13. The summed E-state index contributed by atoms with van der Waals surface area (Å²) in [5.41, 5.74) is 0. The second kappa shape index (κ2) is 7.36. The molecular weight excluding hydrogens is 280 g/mol. The number of urea groups is 2. The standard InChI is InChI=1S/C12H18N4O5/c1-3-5-6-13-11(20)14-8(17)7-16-10(19)9(18)15(4-2)12(16)21/h3-7H2,1-2H3,(H2,13,14,17,20). The van der Waals surface area contributed by atoms with Gasteiger partial charge in [-0.25, -0.2) is 14.5 Å². The lowest BCUT2D eigenvalue weighted by molar-refractivity contribution is -0.143. The zero-order valence-corrected chi connectivity index (χ0v) is 12.0. The van der Waals surface area contributed by atoms with E-state index in [-0.39, 0.29) is 6.54 Å². The molecule has 0 aliphatic carbocycles. The zero-order valence-electron chi connectivity index (χ0n) is 12.0. The maximum Gasteiger partial charge on any atom is 0.334 e. The first-order valence-electron chi connectivity index (χ1n) is 6.67. The van der Waals surface area contributed by atoms with Crippen molar-refractivity contribution >= 4 is 29.8 Å². The van der Waals surface area contributed by atoms with Gasteiger partial charge in [-0.05, 0) is 13.3 Å². The molecule has 7 amide bonds. The van der Waals surface area contributed by atoms with Gasteiger partial charge < -0.3 is 5.32 Å². The maximum absolute atomic E-state index is 11.7. The topological polar surface area (TPSA) is 116 Å². The van der Waals surface area contributed by atoms with Crippen molar-refractivity contribution in [2.24, 2.45) is 0 Å². The molecule has 0 aromatic carbocycles. The fraction of sp³-hybridized carbons (Fsp3) is 0.583. The average molecular weight is 298 g/mol. The van der Waals surface area contributed by atoms with E-state index < -0.39 is 36.3 Å². The Morgan fingerprint density at radius 3 is 2.19 bits per heavy atom. The van der Waals surface area contributed by atoms with Gasteiger partial charge in [0.15, 0.2) is 0 Å². The molecule has 1 saturated heterocycles. The molecule has 0 spiro atoms. The normalized spacial score (nSPS) is 14.7. The van der Waals surface area contributed by atoms with Crippen molar-refractivity contribution in [3.05, 3.63) is 0 Å². The summed E-state index contributed by atoms with van der Waals surface area (Å²) in [6.07, 6.45) is 1.66. The van der Waals surface area contributed by atoms with Crippen LogP contribution in [0.1, 0.15) is 26.7 Å². The molecule has 21 heavy (non-hydrogen) atoms. The molecule has 0 unspecified atom stereocenters. The second-order valence-corrected chi connectivity index (χ2v) is 4.38. The van der Waals surface area contributed by atoms with Gasteiger partial charge in [0.1, 0.15) is 6.54 Å². The van der Waals surface area contributed by atoms with Crippen molar-refractivity contribution in [3.63, 3.8) is 0 Å². The number of carbonyl (C=O) groups is 5. The summed E-state index contributed by atoms with van der Waals surface area (Å²) in [6, 6.07) is -1.56. The van der Waals surface area contributed by atoms with Gasteiger partial charge in [0.25, 0.3) is 0 Å². The molecule has 9 heteroatoms. The quantitative estimate of drug-likeness (QED) is 0.387. The van der Waals surface area contributed by atoms with Crippen molar-refractivity contribution in [3.8, 4) is 0 Å². The minimum Gasteiger partial charge on any atom is -0.338 e. The number of imide groups is 3. The highest BCUT2D eigenvalue weighted by molar-refractivity contribution is 6.45. The van der Waals surface area contributed by atoms with Crippen LogP contribution in [0.25, 0.3) is 0 Å². The van der Waals surface area contributed by atoms with Crippen LogP contribution in [0.2, 0.25) is 0 Å². The van der Waals surface area contributed by atoms with Gasteiger partial charge in [0.2, 0.25) is 5.91 Å². The minimum atomic E-state index is -1.07. The molecule has 1 rings (SSSR count). The smallest absolute Gasteiger partial charge is 0.334 e. The fourth-order valence-electron chi connectivity index (χ4n) is 1.70. The number of nitrogens with zero attached hydrogens (tertiary/aromatic N) is 2. The van der Waals surface area contributed by atoms with Crippen molar-refractivity contribution < 1.29 is 24.0 Å². The third kappa shape index (κ3) is 4.01. The molecule has 0 aromatic heterocycles. The number of nitrogens with one attached hydrogen (secondary N) is 2. The van der Waals surface area contributed by atoms with E-state index in [0.717, 1.165) is 17.7 Å². The van der Waals surface area contributed by atoms with Crippen molar-refractivity contribution in [1.29, 1.82) is 0 Å². The minimum absolute atomic E-state index is 0.0407. The van der Waals surface area contributed by atoms with Crippen molar-refractivity contribution in [2.75, 3.05) is 19.6 Å². The summed E-state index contributed by atoms with van der Waals surface area (Å²) in [5.74, 6) is -2.87. The van der Waals surface area contributed by atoms with Crippen LogP contribution in [0.4, 0.5) is 9.59 Å². The first-order valence-corrected chi connectivity index (χ1v) is 6.67. The van der Waals surface area contributed by atoms with Crippen LogP contribution in [0.15, 0.2) is 0 Å². The molecule has 116 valence electrons. The molecule has 0 radical (unpaired) electrons. The number of carbonyl (C=O) groups excluding carboxylic acids is 5. The van der Waals surface area contributed by atoms with Crippen molar-refractivity contribution in [2.45, 2.75) is 26.7 Å². The Morgan fingerprint density at radius 1 is 1.05 bits per heavy atom. The van der Waals surface area contributed by atoms with Crippen LogP contribution in [-0.4, -0.2) is 59.2 Å². The van der Waals surface area contributed by atoms with E-state index in [1.54, 1.807) is 0 Å². The van der Waals surface area contributed by atoms with Crippen LogP contribution in [-0.2, 0) is 14.4 Å². The van der Waals surface area contributed by atoms with Crippen LogP contribution in [0.3, 0.4) is 0 Å². The lowest BCUT2D eigenvalue weighted by atomic mass is 10.3. The Balaban J connectivity index is 2.51. The van der Waals surface area contributed by atoms with Crippen LogP contribution < -0.4 is 10.6 Å². The Hall–Kier alpha value is -2.45.